The summed E-state index contributed by atoms with van der Waals surface area (Å²) in [5, 5.41) is 5.95. The highest BCUT2D eigenvalue weighted by atomic mass is 32.1. The Kier molecular flexibility index (Phi) is 4.18. The van der Waals surface area contributed by atoms with E-state index in [1.807, 2.05) is 24.4 Å². The number of aryl methyl sites for hydroxylation is 1. The molecule has 0 aliphatic rings. The van der Waals surface area contributed by atoms with Crippen molar-refractivity contribution in [1.82, 2.24) is 9.97 Å². The number of hydrogen-bond acceptors (Lipinski definition) is 6. The molecule has 0 saturated carbocycles. The predicted octanol–water partition coefficient (Wildman–Crippen LogP) is 2.93. The van der Waals surface area contributed by atoms with Gasteiger partial charge >= 0.3 is 0 Å². The smallest absolute Gasteiger partial charge is 0.260 e. The number of nitrogens with zero attached hydrogens (tertiary/aromatic N) is 2. The number of thiazole rings is 2. The van der Waals surface area contributed by atoms with E-state index in [4.69, 9.17) is 5.73 Å². The van der Waals surface area contributed by atoms with E-state index in [0.717, 1.165) is 27.6 Å². The number of anilines is 1. The first kappa shape index (κ1) is 15.3. The van der Waals surface area contributed by atoms with Gasteiger partial charge in [-0.05, 0) is 19.1 Å². The summed E-state index contributed by atoms with van der Waals surface area (Å²) in [6.45, 7) is 1.95. The van der Waals surface area contributed by atoms with Crippen molar-refractivity contribution in [3.63, 3.8) is 0 Å². The molecule has 2 amide bonds. The maximum absolute atomic E-state index is 12.2. The summed E-state index contributed by atoms with van der Waals surface area (Å²) in [5.74, 6) is -0.859. The zero-order valence-corrected chi connectivity index (χ0v) is 13.7. The zero-order valence-electron chi connectivity index (χ0n) is 12.1. The Bertz CT molecular complexity index is 868. The van der Waals surface area contributed by atoms with Gasteiger partial charge in [0, 0.05) is 16.5 Å². The second-order valence-electron chi connectivity index (χ2n) is 4.68. The lowest BCUT2D eigenvalue weighted by molar-refractivity contribution is 0.100. The van der Waals surface area contributed by atoms with Crippen LogP contribution in [0.3, 0.4) is 0 Å². The first-order chi connectivity index (χ1) is 11.0. The molecule has 0 atom stereocenters. The molecule has 0 aliphatic carbocycles. The summed E-state index contributed by atoms with van der Waals surface area (Å²) < 4.78 is 0. The van der Waals surface area contributed by atoms with Gasteiger partial charge in [-0.3, -0.25) is 14.9 Å². The lowest BCUT2D eigenvalue weighted by Crippen LogP contribution is -2.11. The third kappa shape index (κ3) is 3.43. The lowest BCUT2D eigenvalue weighted by Gasteiger charge is -2.03. The molecular formula is C15H12N4O2S2. The van der Waals surface area contributed by atoms with Crippen LogP contribution in [0.5, 0.6) is 0 Å². The third-order valence-corrected chi connectivity index (χ3v) is 4.73. The second-order valence-corrected chi connectivity index (χ2v) is 6.77. The number of hydrogen-bond donors (Lipinski definition) is 2. The molecule has 0 saturated heterocycles. The molecule has 2 heterocycles. The molecule has 0 radical (unpaired) electrons. The summed E-state index contributed by atoms with van der Waals surface area (Å²) in [6, 6.07) is 7.14. The summed E-state index contributed by atoms with van der Waals surface area (Å²) in [5.41, 5.74) is 7.50. The van der Waals surface area contributed by atoms with E-state index in [0.29, 0.717) is 15.6 Å². The number of nitrogens with two attached hydrogens (primary N) is 1. The maximum Gasteiger partial charge on any atom is 0.260 e. The van der Waals surface area contributed by atoms with Crippen LogP contribution in [0, 0.1) is 6.92 Å². The van der Waals surface area contributed by atoms with Crippen LogP contribution in [0.1, 0.15) is 25.0 Å². The van der Waals surface area contributed by atoms with Crippen LogP contribution in [-0.2, 0) is 0 Å². The van der Waals surface area contributed by atoms with Gasteiger partial charge in [0.05, 0.1) is 16.9 Å². The van der Waals surface area contributed by atoms with Crippen molar-refractivity contribution in [2.75, 3.05) is 5.32 Å². The molecule has 0 spiro atoms. The monoisotopic (exact) mass is 344 g/mol. The van der Waals surface area contributed by atoms with E-state index in [-0.39, 0.29) is 5.91 Å². The van der Waals surface area contributed by atoms with Crippen LogP contribution in [0.4, 0.5) is 5.13 Å². The van der Waals surface area contributed by atoms with Gasteiger partial charge < -0.3 is 5.73 Å². The van der Waals surface area contributed by atoms with Gasteiger partial charge in [-0.25, -0.2) is 9.97 Å². The van der Waals surface area contributed by atoms with Crippen molar-refractivity contribution in [1.29, 1.82) is 0 Å². The van der Waals surface area contributed by atoms with Gasteiger partial charge in [0.15, 0.2) is 5.13 Å². The summed E-state index contributed by atoms with van der Waals surface area (Å²) >= 11 is 2.62. The summed E-state index contributed by atoms with van der Waals surface area (Å²) in [6.07, 6.45) is 1.34. The van der Waals surface area contributed by atoms with Crippen molar-refractivity contribution in [3.8, 4) is 11.3 Å². The van der Waals surface area contributed by atoms with Gasteiger partial charge in [-0.1, -0.05) is 23.5 Å². The van der Waals surface area contributed by atoms with Crippen molar-refractivity contribution in [3.05, 3.63) is 51.3 Å². The minimum Gasteiger partial charge on any atom is -0.365 e. The molecule has 3 N–H and O–H groups in total. The minimum atomic E-state index is -0.564. The van der Waals surface area contributed by atoms with Gasteiger partial charge in [0.2, 0.25) is 0 Å². The molecule has 3 aromatic rings. The Hall–Kier alpha value is -2.58. The minimum absolute atomic E-state index is 0.295. The fourth-order valence-corrected chi connectivity index (χ4v) is 3.19. The molecule has 23 heavy (non-hydrogen) atoms. The molecule has 0 aliphatic heterocycles. The van der Waals surface area contributed by atoms with Crippen molar-refractivity contribution in [2.45, 2.75) is 6.92 Å². The highest BCUT2D eigenvalue weighted by molar-refractivity contribution is 7.17. The van der Waals surface area contributed by atoms with E-state index < -0.39 is 5.91 Å². The fourth-order valence-electron chi connectivity index (χ4n) is 1.90. The molecule has 0 bridgehead atoms. The van der Waals surface area contributed by atoms with E-state index in [1.54, 1.807) is 23.5 Å². The van der Waals surface area contributed by atoms with Gasteiger partial charge in [-0.2, -0.15) is 0 Å². The van der Waals surface area contributed by atoms with Crippen LogP contribution < -0.4 is 11.1 Å². The number of carbonyl (C=O) groups excluding carboxylic acids is 2. The zero-order chi connectivity index (χ0) is 16.4. The Balaban J connectivity index is 1.73. The number of benzene rings is 1. The van der Waals surface area contributed by atoms with Crippen molar-refractivity contribution in [2.24, 2.45) is 5.73 Å². The van der Waals surface area contributed by atoms with Gasteiger partial charge in [-0.15, -0.1) is 11.3 Å². The van der Waals surface area contributed by atoms with E-state index in [1.165, 1.54) is 6.20 Å². The summed E-state index contributed by atoms with van der Waals surface area (Å²) in [7, 11) is 0. The van der Waals surface area contributed by atoms with Crippen molar-refractivity contribution < 1.29 is 9.59 Å². The van der Waals surface area contributed by atoms with Crippen LogP contribution in [0.2, 0.25) is 0 Å². The van der Waals surface area contributed by atoms with Crippen LogP contribution in [-0.4, -0.2) is 21.8 Å². The molecule has 0 unspecified atom stereocenters. The average Bonchev–Trinajstić information content (AvgIpc) is 3.16. The number of rotatable bonds is 4. The Morgan fingerprint density at radius 1 is 1.22 bits per heavy atom. The molecule has 0 fully saturated rings. The van der Waals surface area contributed by atoms with E-state index in [9.17, 15) is 9.59 Å². The SMILES string of the molecule is Cc1nc(-c2ccc(C(=O)Nc3ncc(C(N)=O)s3)cc2)cs1. The fraction of sp³-hybridized carbons (Fsp3) is 0.0667. The lowest BCUT2D eigenvalue weighted by atomic mass is 10.1. The van der Waals surface area contributed by atoms with Crippen molar-refractivity contribution >= 4 is 39.6 Å². The molecule has 1 aromatic carbocycles. The van der Waals surface area contributed by atoms with Gasteiger partial charge in [0.25, 0.3) is 11.8 Å². The second kappa shape index (κ2) is 6.27. The number of primary amides is 1. The van der Waals surface area contributed by atoms with Crippen LogP contribution in [0.25, 0.3) is 11.3 Å². The van der Waals surface area contributed by atoms with Crippen LogP contribution in [0.15, 0.2) is 35.8 Å². The van der Waals surface area contributed by atoms with Crippen LogP contribution >= 0.6 is 22.7 Å². The maximum atomic E-state index is 12.2. The first-order valence-corrected chi connectivity index (χ1v) is 8.32. The standard InChI is InChI=1S/C15H12N4O2S2/c1-8-18-11(7-22-8)9-2-4-10(5-3-9)14(21)19-15-17-6-12(23-15)13(16)20/h2-7H,1H3,(H2,16,20)(H,17,19,21). The largest absolute Gasteiger partial charge is 0.365 e. The summed E-state index contributed by atoms with van der Waals surface area (Å²) in [4.78, 5) is 31.8. The Labute approximate surface area is 140 Å². The molecule has 116 valence electrons. The number of aromatic nitrogens is 2. The quantitative estimate of drug-likeness (QED) is 0.760. The highest BCUT2D eigenvalue weighted by Gasteiger charge is 2.11. The predicted molar refractivity (Wildman–Crippen MR) is 90.9 cm³/mol. The number of amides is 2. The van der Waals surface area contributed by atoms with Gasteiger partial charge in [0.1, 0.15) is 4.88 Å². The molecule has 8 heteroatoms. The number of nitrogens with one attached hydrogen (secondary N) is 1. The molecule has 3 rings (SSSR count). The topological polar surface area (TPSA) is 98.0 Å². The Morgan fingerprint density at radius 2 is 1.96 bits per heavy atom. The number of carbonyl (C=O) groups is 2. The molecular weight excluding hydrogens is 332 g/mol. The normalized spacial score (nSPS) is 10.5. The molecule has 6 nitrogen and oxygen atoms in total. The molecule has 2 aromatic heterocycles. The first-order valence-electron chi connectivity index (χ1n) is 6.62. The third-order valence-electron chi connectivity index (χ3n) is 3.03. The highest BCUT2D eigenvalue weighted by Crippen LogP contribution is 2.23. The van der Waals surface area contributed by atoms with E-state index >= 15 is 0 Å². The van der Waals surface area contributed by atoms with E-state index in [2.05, 4.69) is 15.3 Å². The Morgan fingerprint density at radius 3 is 2.52 bits per heavy atom. The average molecular weight is 344 g/mol.